The number of methoxy groups -OCH3 is 1. The summed E-state index contributed by atoms with van der Waals surface area (Å²) in [6.45, 7) is 0. The van der Waals surface area contributed by atoms with Gasteiger partial charge < -0.3 is 9.84 Å². The Hall–Kier alpha value is -3.44. The molecule has 0 radical (unpaired) electrons. The van der Waals surface area contributed by atoms with Crippen molar-refractivity contribution in [1.29, 1.82) is 0 Å². The van der Waals surface area contributed by atoms with Crippen molar-refractivity contribution in [2.75, 3.05) is 7.11 Å². The summed E-state index contributed by atoms with van der Waals surface area (Å²) >= 11 is 0. The van der Waals surface area contributed by atoms with Crippen molar-refractivity contribution < 1.29 is 14.6 Å². The Morgan fingerprint density at radius 2 is 1.57 bits per heavy atom. The minimum Gasteiger partial charge on any atom is -0.497 e. The fraction of sp³-hybridized carbons (Fsp3) is 0.130. The first kappa shape index (κ1) is 19.3. The molecule has 28 heavy (non-hydrogen) atoms. The third-order valence-corrected chi connectivity index (χ3v) is 4.27. The molecule has 5 nitrogen and oxygen atoms in total. The van der Waals surface area contributed by atoms with Crippen LogP contribution in [0.5, 0.6) is 5.75 Å². The van der Waals surface area contributed by atoms with E-state index in [1.165, 1.54) is 0 Å². The Kier molecular flexibility index (Phi) is 6.54. The van der Waals surface area contributed by atoms with Gasteiger partial charge in [0.1, 0.15) is 17.6 Å². The molecule has 0 aliphatic heterocycles. The van der Waals surface area contributed by atoms with E-state index in [1.54, 1.807) is 19.2 Å². The second-order valence-corrected chi connectivity index (χ2v) is 6.24. The van der Waals surface area contributed by atoms with Crippen LogP contribution in [0, 0.1) is 0 Å². The average molecular weight is 374 g/mol. The molecule has 142 valence electrons. The van der Waals surface area contributed by atoms with E-state index >= 15 is 0 Å². The Bertz CT molecular complexity index is 923. The van der Waals surface area contributed by atoms with Gasteiger partial charge in [-0.15, -0.1) is 0 Å². The summed E-state index contributed by atoms with van der Waals surface area (Å²) in [5.41, 5.74) is 5.24. The molecule has 0 aromatic heterocycles. The lowest BCUT2D eigenvalue weighted by molar-refractivity contribution is -0.120. The number of aliphatic hydroxyl groups excluding tert-OH is 1. The highest BCUT2D eigenvalue weighted by molar-refractivity contribution is 6.04. The largest absolute Gasteiger partial charge is 0.497 e. The minimum absolute atomic E-state index is 0.178. The van der Waals surface area contributed by atoms with Gasteiger partial charge in [-0.05, 0) is 23.3 Å². The number of hydrazone groups is 1. The Balaban J connectivity index is 1.77. The smallest absolute Gasteiger partial charge is 0.244 e. The van der Waals surface area contributed by atoms with Crippen LogP contribution in [0.4, 0.5) is 0 Å². The molecule has 0 unspecified atom stereocenters. The lowest BCUT2D eigenvalue weighted by atomic mass is 9.99. The Morgan fingerprint density at radius 3 is 2.18 bits per heavy atom. The molecular formula is C23H22N2O3. The molecule has 3 aromatic rings. The van der Waals surface area contributed by atoms with Crippen LogP contribution in [-0.2, 0) is 11.2 Å². The second-order valence-electron chi connectivity index (χ2n) is 6.24. The quantitative estimate of drug-likeness (QED) is 0.491. The predicted molar refractivity (Wildman–Crippen MR) is 109 cm³/mol. The number of hydrogen-bond donors (Lipinski definition) is 2. The van der Waals surface area contributed by atoms with E-state index in [9.17, 15) is 9.90 Å². The molecule has 0 aliphatic carbocycles. The van der Waals surface area contributed by atoms with E-state index in [-0.39, 0.29) is 12.3 Å². The first-order chi connectivity index (χ1) is 13.7. The molecule has 5 heteroatoms. The van der Waals surface area contributed by atoms with Gasteiger partial charge in [-0.2, -0.15) is 5.10 Å². The van der Waals surface area contributed by atoms with E-state index in [0.717, 1.165) is 16.9 Å². The third kappa shape index (κ3) is 5.05. The van der Waals surface area contributed by atoms with Crippen LogP contribution in [0.1, 0.15) is 22.8 Å². The van der Waals surface area contributed by atoms with Crippen molar-refractivity contribution in [3.05, 3.63) is 102 Å². The third-order valence-electron chi connectivity index (χ3n) is 4.27. The number of amides is 1. The number of benzene rings is 3. The number of aliphatic hydroxyl groups is 1. The molecule has 1 atom stereocenters. The summed E-state index contributed by atoms with van der Waals surface area (Å²) in [7, 11) is 1.60. The zero-order valence-corrected chi connectivity index (χ0v) is 15.6. The molecule has 0 heterocycles. The van der Waals surface area contributed by atoms with Crippen molar-refractivity contribution in [3.8, 4) is 5.75 Å². The highest BCUT2D eigenvalue weighted by Crippen LogP contribution is 2.19. The fourth-order valence-corrected chi connectivity index (χ4v) is 2.78. The molecule has 3 aromatic carbocycles. The second kappa shape index (κ2) is 9.48. The van der Waals surface area contributed by atoms with Gasteiger partial charge in [0.2, 0.25) is 5.91 Å². The van der Waals surface area contributed by atoms with Crippen LogP contribution in [0.15, 0.2) is 90.0 Å². The zero-order chi connectivity index (χ0) is 19.8. The van der Waals surface area contributed by atoms with Crippen LogP contribution < -0.4 is 10.2 Å². The van der Waals surface area contributed by atoms with Crippen molar-refractivity contribution in [2.24, 2.45) is 5.10 Å². The maximum Gasteiger partial charge on any atom is 0.244 e. The summed E-state index contributed by atoms with van der Waals surface area (Å²) in [5.74, 6) is 0.471. The molecule has 0 bridgehead atoms. The van der Waals surface area contributed by atoms with E-state index < -0.39 is 6.10 Å². The molecule has 0 saturated carbocycles. The molecule has 0 aliphatic rings. The summed E-state index contributed by atoms with van der Waals surface area (Å²) in [4.78, 5) is 12.3. The van der Waals surface area contributed by atoms with Gasteiger partial charge in [-0.1, -0.05) is 72.8 Å². The lowest BCUT2D eigenvalue weighted by Crippen LogP contribution is -2.24. The van der Waals surface area contributed by atoms with Crippen LogP contribution in [0.3, 0.4) is 0 Å². The van der Waals surface area contributed by atoms with Crippen LogP contribution in [-0.4, -0.2) is 23.8 Å². The van der Waals surface area contributed by atoms with Gasteiger partial charge in [-0.25, -0.2) is 5.43 Å². The number of carbonyl (C=O) groups excluding carboxylic acids is 1. The average Bonchev–Trinajstić information content (AvgIpc) is 2.75. The van der Waals surface area contributed by atoms with Crippen molar-refractivity contribution in [1.82, 2.24) is 5.43 Å². The van der Waals surface area contributed by atoms with E-state index in [1.807, 2.05) is 72.8 Å². The monoisotopic (exact) mass is 374 g/mol. The van der Waals surface area contributed by atoms with Gasteiger partial charge in [-0.3, -0.25) is 4.79 Å². The highest BCUT2D eigenvalue weighted by Gasteiger charge is 2.17. The first-order valence-electron chi connectivity index (χ1n) is 8.95. The van der Waals surface area contributed by atoms with Crippen LogP contribution >= 0.6 is 0 Å². The predicted octanol–water partition coefficient (Wildman–Crippen LogP) is 3.49. The van der Waals surface area contributed by atoms with Gasteiger partial charge in [0, 0.05) is 5.56 Å². The van der Waals surface area contributed by atoms with E-state index in [0.29, 0.717) is 11.3 Å². The summed E-state index contributed by atoms with van der Waals surface area (Å²) in [6.07, 6.45) is -0.776. The van der Waals surface area contributed by atoms with Gasteiger partial charge in [0.05, 0.1) is 13.5 Å². The molecule has 0 saturated heterocycles. The maximum absolute atomic E-state index is 12.3. The molecular weight excluding hydrogens is 352 g/mol. The fourth-order valence-electron chi connectivity index (χ4n) is 2.78. The summed E-state index contributed by atoms with van der Waals surface area (Å²) in [6, 6.07) is 25.8. The topological polar surface area (TPSA) is 70.9 Å². The maximum atomic E-state index is 12.3. The van der Waals surface area contributed by atoms with Gasteiger partial charge in [0.25, 0.3) is 0 Å². The normalized spacial score (nSPS) is 12.3. The lowest BCUT2D eigenvalue weighted by Gasteiger charge is -2.15. The molecule has 2 N–H and O–H groups in total. The SMILES string of the molecule is COc1ccc(CC(=O)N/N=C(\c2ccccc2)[C@H](O)c2ccccc2)cc1. The highest BCUT2D eigenvalue weighted by atomic mass is 16.5. The Labute approximate surface area is 164 Å². The standard InChI is InChI=1S/C23H22N2O3/c1-28-20-14-12-17(13-15-20)16-21(26)24-25-22(18-8-4-2-5-9-18)23(27)19-10-6-3-7-11-19/h2-15,23,27H,16H2,1H3,(H,24,26)/b25-22+/t23-/m1/s1. The number of nitrogens with zero attached hydrogens (tertiary/aromatic N) is 1. The molecule has 0 spiro atoms. The van der Waals surface area contributed by atoms with Gasteiger partial charge in [0.15, 0.2) is 0 Å². The number of hydrogen-bond acceptors (Lipinski definition) is 4. The van der Waals surface area contributed by atoms with E-state index in [2.05, 4.69) is 10.5 Å². The Morgan fingerprint density at radius 1 is 0.964 bits per heavy atom. The van der Waals surface area contributed by atoms with Crippen LogP contribution in [0.2, 0.25) is 0 Å². The minimum atomic E-state index is -0.954. The van der Waals surface area contributed by atoms with Gasteiger partial charge >= 0.3 is 0 Å². The zero-order valence-electron chi connectivity index (χ0n) is 15.6. The molecule has 0 fully saturated rings. The first-order valence-corrected chi connectivity index (χ1v) is 8.95. The number of rotatable bonds is 7. The summed E-state index contributed by atoms with van der Waals surface area (Å²) < 4.78 is 5.12. The molecule has 1 amide bonds. The van der Waals surface area contributed by atoms with Crippen LogP contribution in [0.25, 0.3) is 0 Å². The number of nitrogens with one attached hydrogen (secondary N) is 1. The molecule has 3 rings (SSSR count). The van der Waals surface area contributed by atoms with Crippen molar-refractivity contribution in [2.45, 2.75) is 12.5 Å². The van der Waals surface area contributed by atoms with Crippen molar-refractivity contribution in [3.63, 3.8) is 0 Å². The van der Waals surface area contributed by atoms with E-state index in [4.69, 9.17) is 4.74 Å². The van der Waals surface area contributed by atoms with Crippen molar-refractivity contribution >= 4 is 11.6 Å². The summed E-state index contributed by atoms with van der Waals surface area (Å²) in [5, 5.41) is 15.0. The number of carbonyl (C=O) groups is 1. The number of ether oxygens (including phenoxy) is 1.